The Morgan fingerprint density at radius 3 is 2.88 bits per heavy atom. The van der Waals surface area contributed by atoms with Crippen molar-refractivity contribution in [2.75, 3.05) is 11.4 Å². The maximum Gasteiger partial charge on any atom is 0.271 e. The molecule has 1 saturated heterocycles. The number of piperidine rings is 1. The molecule has 3 heteroatoms. The highest BCUT2D eigenvalue weighted by Crippen LogP contribution is 2.65. The van der Waals surface area contributed by atoms with Crippen LogP contribution in [0.3, 0.4) is 0 Å². The SMILES string of the molecule is [C-]#[N+]c1cc(N2C[C@H]3[C@@H]([C@H]2C)C3(C)C)ccn1. The molecule has 1 aliphatic carbocycles. The molecule has 1 saturated carbocycles. The van der Waals surface area contributed by atoms with Gasteiger partial charge in [0, 0.05) is 24.3 Å². The van der Waals surface area contributed by atoms with Crippen molar-refractivity contribution in [2.24, 2.45) is 17.3 Å². The Labute approximate surface area is 102 Å². The number of hydrogen-bond donors (Lipinski definition) is 0. The summed E-state index contributed by atoms with van der Waals surface area (Å²) in [4.78, 5) is 9.86. The lowest BCUT2D eigenvalue weighted by Gasteiger charge is -2.30. The molecule has 2 fully saturated rings. The summed E-state index contributed by atoms with van der Waals surface area (Å²) >= 11 is 0. The third kappa shape index (κ3) is 1.37. The highest BCUT2D eigenvalue weighted by molar-refractivity contribution is 5.57. The summed E-state index contributed by atoms with van der Waals surface area (Å²) in [6.07, 6.45) is 1.74. The molecule has 1 aromatic rings. The first-order valence-electron chi connectivity index (χ1n) is 6.16. The van der Waals surface area contributed by atoms with E-state index in [1.807, 2.05) is 12.1 Å². The molecule has 88 valence electrons. The minimum absolute atomic E-state index is 0.495. The fourth-order valence-electron chi connectivity index (χ4n) is 3.65. The van der Waals surface area contributed by atoms with Gasteiger partial charge < -0.3 is 9.74 Å². The fraction of sp³-hybridized carbons (Fsp3) is 0.571. The minimum Gasteiger partial charge on any atom is -0.369 e. The summed E-state index contributed by atoms with van der Waals surface area (Å²) in [7, 11) is 0. The zero-order valence-corrected chi connectivity index (χ0v) is 10.5. The molecule has 0 unspecified atom stereocenters. The van der Waals surface area contributed by atoms with Gasteiger partial charge in [0.15, 0.2) is 0 Å². The lowest BCUT2D eigenvalue weighted by molar-refractivity contribution is 0.453. The number of pyridine rings is 1. The molecule has 0 radical (unpaired) electrons. The van der Waals surface area contributed by atoms with Gasteiger partial charge in [-0.05, 0) is 30.2 Å². The topological polar surface area (TPSA) is 20.5 Å². The highest BCUT2D eigenvalue weighted by atomic mass is 15.2. The van der Waals surface area contributed by atoms with E-state index in [1.54, 1.807) is 6.20 Å². The third-order valence-corrected chi connectivity index (χ3v) is 4.72. The molecule has 17 heavy (non-hydrogen) atoms. The van der Waals surface area contributed by atoms with E-state index >= 15 is 0 Å². The van der Waals surface area contributed by atoms with Crippen LogP contribution in [0, 0.1) is 23.8 Å². The molecule has 2 aliphatic rings. The van der Waals surface area contributed by atoms with Crippen LogP contribution in [0.5, 0.6) is 0 Å². The lowest BCUT2D eigenvalue weighted by Crippen LogP contribution is -2.33. The normalized spacial score (nSPS) is 33.1. The first kappa shape index (κ1) is 10.6. The largest absolute Gasteiger partial charge is 0.369 e. The molecule has 3 atom stereocenters. The van der Waals surface area contributed by atoms with E-state index in [0.717, 1.165) is 24.1 Å². The number of rotatable bonds is 1. The van der Waals surface area contributed by atoms with Crippen molar-refractivity contribution in [3.63, 3.8) is 0 Å². The van der Waals surface area contributed by atoms with E-state index in [1.165, 1.54) is 0 Å². The molecule has 1 aromatic heterocycles. The van der Waals surface area contributed by atoms with Gasteiger partial charge >= 0.3 is 0 Å². The van der Waals surface area contributed by atoms with E-state index in [-0.39, 0.29) is 0 Å². The van der Waals surface area contributed by atoms with Gasteiger partial charge in [-0.25, -0.2) is 0 Å². The second-order valence-electron chi connectivity index (χ2n) is 5.83. The summed E-state index contributed by atoms with van der Waals surface area (Å²) in [5, 5.41) is 0. The quantitative estimate of drug-likeness (QED) is 0.687. The van der Waals surface area contributed by atoms with Gasteiger partial charge in [0.25, 0.3) is 5.82 Å². The zero-order chi connectivity index (χ0) is 12.2. The molecule has 0 aromatic carbocycles. The third-order valence-electron chi connectivity index (χ3n) is 4.72. The van der Waals surface area contributed by atoms with Crippen LogP contribution in [-0.2, 0) is 0 Å². The Bertz CT molecular complexity index is 500. The Kier molecular flexibility index (Phi) is 2.01. The van der Waals surface area contributed by atoms with Gasteiger partial charge in [0.2, 0.25) is 0 Å². The molecule has 2 heterocycles. The van der Waals surface area contributed by atoms with Gasteiger partial charge in [-0.3, -0.25) is 0 Å². The van der Waals surface area contributed by atoms with Crippen LogP contribution in [0.2, 0.25) is 0 Å². The van der Waals surface area contributed by atoms with Crippen LogP contribution < -0.4 is 4.90 Å². The summed E-state index contributed by atoms with van der Waals surface area (Å²) in [6.45, 7) is 15.2. The maximum absolute atomic E-state index is 7.02. The van der Waals surface area contributed by atoms with Crippen molar-refractivity contribution in [3.05, 3.63) is 29.7 Å². The number of aromatic nitrogens is 1. The van der Waals surface area contributed by atoms with Gasteiger partial charge in [-0.2, -0.15) is 0 Å². The maximum atomic E-state index is 7.02. The molecule has 0 spiro atoms. The second kappa shape index (κ2) is 3.22. The monoisotopic (exact) mass is 227 g/mol. The summed E-state index contributed by atoms with van der Waals surface area (Å²) in [5.74, 6) is 2.13. The Morgan fingerprint density at radius 2 is 2.29 bits per heavy atom. The smallest absolute Gasteiger partial charge is 0.271 e. The number of hydrogen-bond acceptors (Lipinski definition) is 2. The standard InChI is InChI=1S/C14H17N3/c1-9-13-11(14(13,2)3)8-17(9)10-5-6-16-12(7-10)15-4/h5-7,9,11,13H,8H2,1-3H3/t9-,11+,13-/m1/s1. The van der Waals surface area contributed by atoms with Crippen LogP contribution in [0.25, 0.3) is 4.85 Å². The lowest BCUT2D eigenvalue weighted by atomic mass is 10.0. The molecule has 1 aliphatic heterocycles. The predicted octanol–water partition coefficient (Wildman–Crippen LogP) is 3.11. The van der Waals surface area contributed by atoms with E-state index < -0.39 is 0 Å². The molecule has 0 amide bonds. The fourth-order valence-corrected chi connectivity index (χ4v) is 3.65. The minimum atomic E-state index is 0.495. The van der Waals surface area contributed by atoms with E-state index in [9.17, 15) is 0 Å². The molecule has 0 bridgehead atoms. The summed E-state index contributed by atoms with van der Waals surface area (Å²) in [6, 6.07) is 4.50. The molecule has 0 N–H and O–H groups in total. The van der Waals surface area contributed by atoms with Gasteiger partial charge in [0.05, 0.1) is 0 Å². The Hall–Kier alpha value is -1.56. The van der Waals surface area contributed by atoms with E-state index in [4.69, 9.17) is 6.57 Å². The van der Waals surface area contributed by atoms with Crippen LogP contribution in [-0.4, -0.2) is 17.6 Å². The number of fused-ring (bicyclic) bond motifs is 1. The molecular formula is C14H17N3. The highest BCUT2D eigenvalue weighted by Gasteiger charge is 2.65. The molecule has 3 rings (SSSR count). The van der Waals surface area contributed by atoms with Gasteiger partial charge in [0.1, 0.15) is 6.20 Å². The molecular weight excluding hydrogens is 210 g/mol. The van der Waals surface area contributed by atoms with Gasteiger partial charge in [-0.1, -0.05) is 20.4 Å². The van der Waals surface area contributed by atoms with Crippen LogP contribution in [0.15, 0.2) is 18.3 Å². The first-order chi connectivity index (χ1) is 8.05. The van der Waals surface area contributed by atoms with E-state index in [0.29, 0.717) is 17.3 Å². The first-order valence-corrected chi connectivity index (χ1v) is 6.16. The van der Waals surface area contributed by atoms with Crippen molar-refractivity contribution in [1.29, 1.82) is 0 Å². The zero-order valence-electron chi connectivity index (χ0n) is 10.5. The van der Waals surface area contributed by atoms with Gasteiger partial charge in [-0.15, -0.1) is 4.98 Å². The van der Waals surface area contributed by atoms with Crippen LogP contribution in [0.4, 0.5) is 11.5 Å². The van der Waals surface area contributed by atoms with Crippen molar-refractivity contribution in [1.82, 2.24) is 4.98 Å². The predicted molar refractivity (Wildman–Crippen MR) is 68.1 cm³/mol. The van der Waals surface area contributed by atoms with E-state index in [2.05, 4.69) is 35.5 Å². The Balaban J connectivity index is 1.86. The van der Waals surface area contributed by atoms with Crippen LogP contribution in [0.1, 0.15) is 20.8 Å². The average molecular weight is 227 g/mol. The average Bonchev–Trinajstić information content (AvgIpc) is 2.68. The van der Waals surface area contributed by atoms with Crippen molar-refractivity contribution < 1.29 is 0 Å². The van der Waals surface area contributed by atoms with Crippen molar-refractivity contribution in [3.8, 4) is 0 Å². The van der Waals surface area contributed by atoms with Crippen molar-refractivity contribution >= 4 is 11.5 Å². The second-order valence-corrected chi connectivity index (χ2v) is 5.83. The summed E-state index contributed by atoms with van der Waals surface area (Å²) in [5.41, 5.74) is 1.67. The number of anilines is 1. The van der Waals surface area contributed by atoms with Crippen molar-refractivity contribution in [2.45, 2.75) is 26.8 Å². The molecule has 3 nitrogen and oxygen atoms in total. The Morgan fingerprint density at radius 1 is 1.53 bits per heavy atom. The number of nitrogens with zero attached hydrogens (tertiary/aromatic N) is 3. The summed E-state index contributed by atoms with van der Waals surface area (Å²) < 4.78 is 0. The van der Waals surface area contributed by atoms with Crippen LogP contribution >= 0.6 is 0 Å².